The van der Waals surface area contributed by atoms with E-state index < -0.39 is 0 Å². The second kappa shape index (κ2) is 5.67. The van der Waals surface area contributed by atoms with Crippen LogP contribution in [-0.4, -0.2) is 19.1 Å². The molecule has 0 aromatic heterocycles. The van der Waals surface area contributed by atoms with Crippen LogP contribution in [0.5, 0.6) is 0 Å². The summed E-state index contributed by atoms with van der Waals surface area (Å²) in [6.45, 7) is 4.38. The highest BCUT2D eigenvalue weighted by Gasteiger charge is 2.14. The summed E-state index contributed by atoms with van der Waals surface area (Å²) in [6.07, 6.45) is 2.59. The van der Waals surface area contributed by atoms with Crippen molar-refractivity contribution < 1.29 is 0 Å². The van der Waals surface area contributed by atoms with Gasteiger partial charge in [0.25, 0.3) is 0 Å². The highest BCUT2D eigenvalue weighted by molar-refractivity contribution is 6.30. The van der Waals surface area contributed by atoms with Crippen molar-refractivity contribution in [3.63, 3.8) is 0 Å². The Bertz CT molecular complexity index is 334. The standard InChI is InChI=1S/C13H19ClN2/c1-10(11-4-2-5-12(14)8-11)16-9-13-6-3-7-15-13/h2,4-5,8,10,13,15-16H,3,6-7,9H2,1H3/t10-,13?/m0/s1. The Morgan fingerprint density at radius 1 is 1.56 bits per heavy atom. The van der Waals surface area contributed by atoms with Crippen LogP contribution >= 0.6 is 11.6 Å². The number of hydrogen-bond donors (Lipinski definition) is 2. The van der Waals surface area contributed by atoms with E-state index in [1.165, 1.54) is 18.4 Å². The van der Waals surface area contributed by atoms with Gasteiger partial charge in [0.1, 0.15) is 0 Å². The van der Waals surface area contributed by atoms with Gasteiger partial charge < -0.3 is 10.6 Å². The molecule has 0 saturated carbocycles. The third-order valence-corrected chi connectivity index (χ3v) is 3.42. The summed E-state index contributed by atoms with van der Waals surface area (Å²) in [5.41, 5.74) is 1.26. The molecule has 2 rings (SSSR count). The SMILES string of the molecule is C[C@H](NCC1CCCN1)c1cccc(Cl)c1. The van der Waals surface area contributed by atoms with Crippen molar-refractivity contribution in [2.24, 2.45) is 0 Å². The lowest BCUT2D eigenvalue weighted by Crippen LogP contribution is -2.35. The van der Waals surface area contributed by atoms with Crippen molar-refractivity contribution in [3.05, 3.63) is 34.9 Å². The van der Waals surface area contributed by atoms with Gasteiger partial charge in [0, 0.05) is 23.7 Å². The summed E-state index contributed by atoms with van der Waals surface area (Å²) in [6, 6.07) is 9.06. The fourth-order valence-corrected chi connectivity index (χ4v) is 2.34. The van der Waals surface area contributed by atoms with E-state index in [1.54, 1.807) is 0 Å². The maximum absolute atomic E-state index is 5.98. The number of hydrogen-bond acceptors (Lipinski definition) is 2. The molecule has 16 heavy (non-hydrogen) atoms. The molecule has 1 fully saturated rings. The molecule has 1 aliphatic rings. The van der Waals surface area contributed by atoms with Crippen LogP contribution in [0.3, 0.4) is 0 Å². The number of halogens is 1. The first-order valence-electron chi connectivity index (χ1n) is 5.98. The van der Waals surface area contributed by atoms with Gasteiger partial charge in [0.2, 0.25) is 0 Å². The second-order valence-corrected chi connectivity index (χ2v) is 4.91. The lowest BCUT2D eigenvalue weighted by Gasteiger charge is -2.18. The zero-order valence-electron chi connectivity index (χ0n) is 9.67. The molecule has 1 aromatic carbocycles. The summed E-state index contributed by atoms with van der Waals surface area (Å²) < 4.78 is 0. The zero-order valence-corrected chi connectivity index (χ0v) is 10.4. The van der Waals surface area contributed by atoms with Gasteiger partial charge >= 0.3 is 0 Å². The predicted molar refractivity (Wildman–Crippen MR) is 68.9 cm³/mol. The molecule has 88 valence electrons. The van der Waals surface area contributed by atoms with Crippen molar-refractivity contribution in [2.75, 3.05) is 13.1 Å². The van der Waals surface area contributed by atoms with E-state index in [0.29, 0.717) is 12.1 Å². The summed E-state index contributed by atoms with van der Waals surface area (Å²) in [4.78, 5) is 0. The molecule has 2 N–H and O–H groups in total. The van der Waals surface area contributed by atoms with Crippen LogP contribution in [0.15, 0.2) is 24.3 Å². The lowest BCUT2D eigenvalue weighted by molar-refractivity contribution is 0.490. The van der Waals surface area contributed by atoms with Gasteiger partial charge in [-0.1, -0.05) is 23.7 Å². The summed E-state index contributed by atoms with van der Waals surface area (Å²) in [7, 11) is 0. The monoisotopic (exact) mass is 238 g/mol. The molecular formula is C13H19ClN2. The van der Waals surface area contributed by atoms with Crippen LogP contribution in [0.25, 0.3) is 0 Å². The summed E-state index contributed by atoms with van der Waals surface area (Å²) in [5, 5.41) is 7.84. The largest absolute Gasteiger partial charge is 0.313 e. The van der Waals surface area contributed by atoms with Crippen molar-refractivity contribution in [3.8, 4) is 0 Å². The first-order valence-corrected chi connectivity index (χ1v) is 6.36. The summed E-state index contributed by atoms with van der Waals surface area (Å²) in [5.74, 6) is 0. The Balaban J connectivity index is 1.85. The molecule has 1 heterocycles. The molecule has 3 heteroatoms. The van der Waals surface area contributed by atoms with Gasteiger partial charge in [-0.3, -0.25) is 0 Å². The van der Waals surface area contributed by atoms with Gasteiger partial charge in [-0.25, -0.2) is 0 Å². The van der Waals surface area contributed by atoms with Crippen molar-refractivity contribution in [1.82, 2.24) is 10.6 Å². The highest BCUT2D eigenvalue weighted by atomic mass is 35.5. The maximum Gasteiger partial charge on any atom is 0.0409 e. The van der Waals surface area contributed by atoms with Crippen LogP contribution in [0.2, 0.25) is 5.02 Å². The minimum atomic E-state index is 0.362. The molecule has 0 bridgehead atoms. The molecule has 1 aliphatic heterocycles. The molecule has 1 saturated heterocycles. The van der Waals surface area contributed by atoms with E-state index >= 15 is 0 Å². The highest BCUT2D eigenvalue weighted by Crippen LogP contribution is 2.17. The molecule has 1 unspecified atom stereocenters. The van der Waals surface area contributed by atoms with E-state index in [9.17, 15) is 0 Å². The normalized spacial score (nSPS) is 22.2. The quantitative estimate of drug-likeness (QED) is 0.843. The van der Waals surface area contributed by atoms with Crippen molar-refractivity contribution >= 4 is 11.6 Å². The molecule has 2 nitrogen and oxygen atoms in total. The minimum Gasteiger partial charge on any atom is -0.313 e. The lowest BCUT2D eigenvalue weighted by atomic mass is 10.1. The molecule has 1 aromatic rings. The fourth-order valence-electron chi connectivity index (χ4n) is 2.14. The van der Waals surface area contributed by atoms with Gasteiger partial charge in [0.15, 0.2) is 0 Å². The van der Waals surface area contributed by atoms with Crippen LogP contribution in [0, 0.1) is 0 Å². The number of rotatable bonds is 4. The smallest absolute Gasteiger partial charge is 0.0409 e. The zero-order chi connectivity index (χ0) is 11.4. The topological polar surface area (TPSA) is 24.1 Å². The predicted octanol–water partition coefficient (Wildman–Crippen LogP) is 2.74. The Morgan fingerprint density at radius 2 is 2.44 bits per heavy atom. The fraction of sp³-hybridized carbons (Fsp3) is 0.538. The second-order valence-electron chi connectivity index (χ2n) is 4.48. The van der Waals surface area contributed by atoms with E-state index in [2.05, 4.69) is 23.6 Å². The Hall–Kier alpha value is -0.570. The molecule has 0 spiro atoms. The van der Waals surface area contributed by atoms with Crippen molar-refractivity contribution in [2.45, 2.75) is 31.8 Å². The average Bonchev–Trinajstić information content (AvgIpc) is 2.78. The Morgan fingerprint density at radius 3 is 3.12 bits per heavy atom. The molecule has 0 amide bonds. The first-order chi connectivity index (χ1) is 7.75. The summed E-state index contributed by atoms with van der Waals surface area (Å²) >= 11 is 5.98. The molecular weight excluding hydrogens is 220 g/mol. The minimum absolute atomic E-state index is 0.362. The average molecular weight is 239 g/mol. The van der Waals surface area contributed by atoms with E-state index in [4.69, 9.17) is 11.6 Å². The van der Waals surface area contributed by atoms with E-state index in [1.807, 2.05) is 18.2 Å². The van der Waals surface area contributed by atoms with Gasteiger partial charge in [0.05, 0.1) is 0 Å². The Kier molecular flexibility index (Phi) is 4.22. The van der Waals surface area contributed by atoms with Gasteiger partial charge in [-0.2, -0.15) is 0 Å². The molecule has 0 aliphatic carbocycles. The third-order valence-electron chi connectivity index (χ3n) is 3.18. The number of nitrogens with one attached hydrogen (secondary N) is 2. The Labute approximate surface area is 102 Å². The molecule has 0 radical (unpaired) electrons. The third kappa shape index (κ3) is 3.21. The van der Waals surface area contributed by atoms with Crippen LogP contribution < -0.4 is 10.6 Å². The maximum atomic E-state index is 5.98. The van der Waals surface area contributed by atoms with Gasteiger partial charge in [-0.05, 0) is 44.0 Å². The van der Waals surface area contributed by atoms with Crippen LogP contribution in [-0.2, 0) is 0 Å². The number of benzene rings is 1. The van der Waals surface area contributed by atoms with Gasteiger partial charge in [-0.15, -0.1) is 0 Å². The van der Waals surface area contributed by atoms with Crippen LogP contribution in [0.4, 0.5) is 0 Å². The van der Waals surface area contributed by atoms with Crippen molar-refractivity contribution in [1.29, 1.82) is 0 Å². The first kappa shape index (κ1) is 11.9. The van der Waals surface area contributed by atoms with Crippen LogP contribution in [0.1, 0.15) is 31.4 Å². The van der Waals surface area contributed by atoms with E-state index in [-0.39, 0.29) is 0 Å². The van der Waals surface area contributed by atoms with E-state index in [0.717, 1.165) is 18.1 Å². The molecule has 2 atom stereocenters.